The van der Waals surface area contributed by atoms with E-state index >= 15 is 0 Å². The third kappa shape index (κ3) is 3.17. The lowest BCUT2D eigenvalue weighted by Crippen LogP contribution is -2.73. The van der Waals surface area contributed by atoms with Gasteiger partial charge in [-0.05, 0) is 11.6 Å². The average Bonchev–Trinajstić information content (AvgIpc) is 2.32. The quantitative estimate of drug-likeness (QED) is 0.277. The zero-order valence-electron chi connectivity index (χ0n) is 10.8. The van der Waals surface area contributed by atoms with Crippen LogP contribution in [0.25, 0.3) is 0 Å². The van der Waals surface area contributed by atoms with E-state index in [0.717, 1.165) is 0 Å². The van der Waals surface area contributed by atoms with Crippen molar-refractivity contribution in [1.82, 2.24) is 0 Å². The van der Waals surface area contributed by atoms with Gasteiger partial charge in [-0.3, -0.25) is 0 Å². The maximum absolute atomic E-state index is 13.6. The largest absolute Gasteiger partial charge is 0.446 e. The van der Waals surface area contributed by atoms with Crippen molar-refractivity contribution in [1.29, 1.82) is 0 Å². The first kappa shape index (κ1) is 25.9. The minimum Gasteiger partial charge on any atom is -0.212 e. The lowest BCUT2D eigenvalue weighted by Gasteiger charge is -2.43. The van der Waals surface area contributed by atoms with Gasteiger partial charge >= 0.3 is 48.9 Å². The van der Waals surface area contributed by atoms with E-state index in [0.29, 0.717) is 0 Å². The molecule has 3 unspecified atom stereocenters. The van der Waals surface area contributed by atoms with E-state index in [9.17, 15) is 65.0 Å². The first-order chi connectivity index (χ1) is 10.8. The molecule has 2 nitrogen and oxygen atoms in total. The predicted molar refractivity (Wildman–Crippen MR) is 60.0 cm³/mol. The highest BCUT2D eigenvalue weighted by Gasteiger charge is 2.93. The minimum absolute atomic E-state index is 3.65. The summed E-state index contributed by atoms with van der Waals surface area (Å²) in [5.41, 5.74) is 0. The molecular weight excluding hydrogens is 501 g/mol. The van der Waals surface area contributed by atoms with Gasteiger partial charge in [0.1, 0.15) is 0 Å². The Bertz CT molecular complexity index is 652. The van der Waals surface area contributed by atoms with E-state index in [1.54, 1.807) is 0 Å². The van der Waals surface area contributed by atoms with Gasteiger partial charge < -0.3 is 0 Å². The van der Waals surface area contributed by atoms with Gasteiger partial charge in [-0.2, -0.15) is 47.9 Å². The highest BCUT2D eigenvalue weighted by Crippen LogP contribution is 2.65. The van der Waals surface area contributed by atoms with Gasteiger partial charge in [0.05, 0.1) is 0 Å². The normalized spacial score (nSPS) is 22.3. The number of hydrogen-bond donors (Lipinski definition) is 0. The van der Waals surface area contributed by atoms with Gasteiger partial charge in [0.2, 0.25) is 0 Å². The fourth-order valence-electron chi connectivity index (χ4n) is 1.24. The molecule has 0 radical (unpaired) electrons. The molecule has 0 aliphatic rings. The van der Waals surface area contributed by atoms with Crippen LogP contribution in [-0.4, -0.2) is 47.1 Å². The summed E-state index contributed by atoms with van der Waals surface area (Å²) >= 11 is 11.1. The lowest BCUT2D eigenvalue weighted by molar-refractivity contribution is -0.328. The van der Waals surface area contributed by atoms with E-state index in [-0.39, 0.29) is 0 Å². The summed E-state index contributed by atoms with van der Waals surface area (Å²) in [6, 6.07) is 0. The molecule has 0 aliphatic heterocycles. The summed E-state index contributed by atoms with van der Waals surface area (Å²) < 4.78 is 189. The highest BCUT2D eigenvalue weighted by molar-refractivity contribution is 7.87. The van der Waals surface area contributed by atoms with Crippen LogP contribution in [0, 0.1) is 0 Å². The van der Waals surface area contributed by atoms with Crippen LogP contribution < -0.4 is 0 Å². The third-order valence-corrected chi connectivity index (χ3v) is 5.11. The summed E-state index contributed by atoms with van der Waals surface area (Å²) in [6.07, 6.45) is -7.72. The number of halogens is 16. The number of rotatable bonds is 6. The Labute approximate surface area is 149 Å². The fraction of sp³-hybridized carbons (Fsp3) is 1.00. The summed E-state index contributed by atoms with van der Waals surface area (Å²) in [6.45, 7) is 0. The van der Waals surface area contributed by atoms with Gasteiger partial charge in [-0.15, -0.1) is 3.89 Å². The highest BCUT2D eigenvalue weighted by atomic mass is 35.5. The molecule has 0 aromatic carbocycles. The van der Waals surface area contributed by atoms with Crippen LogP contribution in [0.15, 0.2) is 0 Å². The Balaban J connectivity index is 6.96. The molecule has 0 aliphatic carbocycles. The average molecular weight is 501 g/mol. The van der Waals surface area contributed by atoms with Crippen molar-refractivity contribution in [2.45, 2.75) is 38.7 Å². The predicted octanol–water partition coefficient (Wildman–Crippen LogP) is 5.43. The standard InChI is InChI=1S/C7Cl3F13O2S/c8-1(11,3(13,14)2(9,12)6(10,18)19)4(15,16)5(17,7(20,21)22)26(23,24)25. The maximum Gasteiger partial charge on any atom is 0.446 e. The van der Waals surface area contributed by atoms with Gasteiger partial charge in [0.15, 0.2) is 0 Å². The Kier molecular flexibility index (Phi) is 6.18. The maximum atomic E-state index is 13.6. The molecule has 0 amide bonds. The van der Waals surface area contributed by atoms with Gasteiger partial charge in [-0.25, -0.2) is 13.2 Å². The molecule has 0 rings (SSSR count). The van der Waals surface area contributed by atoms with Crippen LogP contribution >= 0.6 is 34.8 Å². The van der Waals surface area contributed by atoms with E-state index in [4.69, 9.17) is 0 Å². The van der Waals surface area contributed by atoms with Crippen LogP contribution in [-0.2, 0) is 10.2 Å². The molecule has 0 saturated carbocycles. The third-order valence-electron chi connectivity index (χ3n) is 2.64. The smallest absolute Gasteiger partial charge is 0.212 e. The zero-order valence-corrected chi connectivity index (χ0v) is 13.9. The summed E-state index contributed by atoms with van der Waals surface area (Å²) in [5, 5.41) is -28.0. The SMILES string of the molecule is O=S(=O)(F)C(F)(C(F)(F)F)C(F)(F)C(F)(Cl)C(F)(F)C(F)(Cl)C(F)(F)Cl. The molecule has 0 aromatic heterocycles. The molecule has 0 spiro atoms. The van der Waals surface area contributed by atoms with Gasteiger partial charge in [-0.1, -0.05) is 23.2 Å². The van der Waals surface area contributed by atoms with Crippen LogP contribution in [0.2, 0.25) is 0 Å². The van der Waals surface area contributed by atoms with E-state index in [1.807, 2.05) is 0 Å². The molecule has 0 aromatic rings. The minimum atomic E-state index is -8.39. The van der Waals surface area contributed by atoms with E-state index in [2.05, 4.69) is 34.8 Å². The molecule has 0 fully saturated rings. The zero-order chi connectivity index (χ0) is 22.0. The Morgan fingerprint density at radius 1 is 0.577 bits per heavy atom. The van der Waals surface area contributed by atoms with Crippen LogP contribution in [0.1, 0.15) is 0 Å². The second-order valence-corrected chi connectivity index (χ2v) is 7.28. The monoisotopic (exact) mass is 500 g/mol. The summed E-state index contributed by atoms with van der Waals surface area (Å²) in [5.74, 6) is -15.4. The molecule has 0 N–H and O–H groups in total. The lowest BCUT2D eigenvalue weighted by atomic mass is 9.97. The van der Waals surface area contributed by atoms with Crippen molar-refractivity contribution in [3.05, 3.63) is 0 Å². The summed E-state index contributed by atoms with van der Waals surface area (Å²) in [7, 11) is -8.39. The van der Waals surface area contributed by atoms with Crippen molar-refractivity contribution < 1.29 is 65.0 Å². The Hall–Kier alpha value is -0.0900. The molecule has 3 atom stereocenters. The first-order valence-corrected chi connectivity index (χ1v) is 7.54. The Morgan fingerprint density at radius 2 is 0.885 bits per heavy atom. The van der Waals surface area contributed by atoms with Gasteiger partial charge in [0.25, 0.3) is 0 Å². The second kappa shape index (κ2) is 6.20. The molecule has 0 saturated heterocycles. The van der Waals surface area contributed by atoms with Crippen molar-refractivity contribution in [3.8, 4) is 0 Å². The van der Waals surface area contributed by atoms with E-state index in [1.165, 1.54) is 0 Å². The Morgan fingerprint density at radius 3 is 1.08 bits per heavy atom. The van der Waals surface area contributed by atoms with E-state index < -0.39 is 48.9 Å². The second-order valence-electron chi connectivity index (χ2n) is 4.33. The van der Waals surface area contributed by atoms with Crippen molar-refractivity contribution in [2.75, 3.05) is 0 Å². The van der Waals surface area contributed by atoms with Crippen molar-refractivity contribution >= 4 is 45.0 Å². The molecule has 26 heavy (non-hydrogen) atoms. The van der Waals surface area contributed by atoms with Crippen LogP contribution in [0.5, 0.6) is 0 Å². The van der Waals surface area contributed by atoms with Crippen molar-refractivity contribution in [3.63, 3.8) is 0 Å². The molecule has 0 bridgehead atoms. The number of alkyl halides is 15. The molecule has 158 valence electrons. The molecular formula is C7Cl3F13O2S. The molecule has 0 heterocycles. The van der Waals surface area contributed by atoms with Gasteiger partial charge in [0, 0.05) is 0 Å². The van der Waals surface area contributed by atoms with Crippen LogP contribution in [0.3, 0.4) is 0 Å². The molecule has 19 heteroatoms. The fourth-order valence-corrected chi connectivity index (χ4v) is 2.58. The first-order valence-electron chi connectivity index (χ1n) is 5.03. The van der Waals surface area contributed by atoms with Crippen LogP contribution in [0.4, 0.5) is 56.6 Å². The van der Waals surface area contributed by atoms with Crippen molar-refractivity contribution in [2.24, 2.45) is 0 Å². The number of hydrogen-bond acceptors (Lipinski definition) is 2. The topological polar surface area (TPSA) is 34.1 Å². The summed E-state index contributed by atoms with van der Waals surface area (Å²) in [4.78, 5) is 0.